The van der Waals surface area contributed by atoms with Crippen molar-refractivity contribution in [3.05, 3.63) is 22.4 Å². The van der Waals surface area contributed by atoms with Gasteiger partial charge >= 0.3 is 0 Å². The molecule has 2 N–H and O–H groups in total. The van der Waals surface area contributed by atoms with Gasteiger partial charge < -0.3 is 10.6 Å². The normalized spacial score (nSPS) is 23.1. The number of carbonyl (C=O) groups excluding carboxylic acids is 1. The highest BCUT2D eigenvalue weighted by atomic mass is 35.5. The monoisotopic (exact) mass is 303 g/mol. The van der Waals surface area contributed by atoms with Crippen molar-refractivity contribution in [2.75, 3.05) is 20.1 Å². The Morgan fingerprint density at radius 2 is 2.37 bits per heavy atom. The number of hydrogen-bond acceptors (Lipinski definition) is 4. The number of likely N-dealkylation sites (tertiary alicyclic amines) is 1. The van der Waals surface area contributed by atoms with Gasteiger partial charge in [-0.25, -0.2) is 0 Å². The Hall–Kier alpha value is -0.620. The molecule has 0 spiro atoms. The lowest BCUT2D eigenvalue weighted by atomic mass is 10.2. The predicted molar refractivity (Wildman–Crippen MR) is 81.7 cm³/mol. The molecule has 1 aromatic rings. The number of halogens is 1. The number of likely N-dealkylation sites (N-methyl/N-ethyl adjacent to an activating group) is 1. The van der Waals surface area contributed by atoms with E-state index < -0.39 is 0 Å². The van der Waals surface area contributed by atoms with E-state index >= 15 is 0 Å². The van der Waals surface area contributed by atoms with E-state index in [0.717, 1.165) is 13.0 Å². The van der Waals surface area contributed by atoms with Gasteiger partial charge in [-0.1, -0.05) is 6.07 Å². The second-order valence-electron chi connectivity index (χ2n) is 4.99. The molecule has 1 saturated heterocycles. The van der Waals surface area contributed by atoms with Crippen LogP contribution in [0.3, 0.4) is 0 Å². The van der Waals surface area contributed by atoms with Gasteiger partial charge in [0.1, 0.15) is 0 Å². The smallest absolute Gasteiger partial charge is 0.236 e. The van der Waals surface area contributed by atoms with Crippen LogP contribution in [0.25, 0.3) is 0 Å². The van der Waals surface area contributed by atoms with Crippen molar-refractivity contribution in [1.29, 1.82) is 0 Å². The van der Waals surface area contributed by atoms with Crippen LogP contribution in [0.15, 0.2) is 17.5 Å². The molecule has 0 saturated carbocycles. The van der Waals surface area contributed by atoms with Crippen molar-refractivity contribution in [3.63, 3.8) is 0 Å². The van der Waals surface area contributed by atoms with Gasteiger partial charge in [0.25, 0.3) is 0 Å². The fraction of sp³-hybridized carbons (Fsp3) is 0.615. The Morgan fingerprint density at radius 3 is 2.89 bits per heavy atom. The Kier molecular flexibility index (Phi) is 6.26. The minimum absolute atomic E-state index is 0. The van der Waals surface area contributed by atoms with E-state index in [2.05, 4.69) is 17.9 Å². The van der Waals surface area contributed by atoms with Crippen molar-refractivity contribution in [2.24, 2.45) is 5.73 Å². The highest BCUT2D eigenvalue weighted by molar-refractivity contribution is 7.09. The molecule has 6 heteroatoms. The SMILES string of the molecule is CC1C(N)CCN1CC(=O)N(C)Cc1cccs1.Cl. The first-order chi connectivity index (χ1) is 8.58. The third kappa shape index (κ3) is 4.18. The van der Waals surface area contributed by atoms with E-state index in [1.54, 1.807) is 16.2 Å². The van der Waals surface area contributed by atoms with Crippen LogP contribution in [0.1, 0.15) is 18.2 Å². The highest BCUT2D eigenvalue weighted by Gasteiger charge is 2.29. The van der Waals surface area contributed by atoms with Crippen LogP contribution in [-0.2, 0) is 11.3 Å². The summed E-state index contributed by atoms with van der Waals surface area (Å²) in [6.45, 7) is 4.21. The van der Waals surface area contributed by atoms with Gasteiger partial charge in [-0.3, -0.25) is 9.69 Å². The summed E-state index contributed by atoms with van der Waals surface area (Å²) < 4.78 is 0. The van der Waals surface area contributed by atoms with Crippen molar-refractivity contribution >= 4 is 29.7 Å². The number of thiophene rings is 1. The first-order valence-electron chi connectivity index (χ1n) is 6.34. The lowest BCUT2D eigenvalue weighted by Crippen LogP contribution is -2.43. The molecule has 0 aromatic carbocycles. The first-order valence-corrected chi connectivity index (χ1v) is 7.22. The van der Waals surface area contributed by atoms with E-state index in [0.29, 0.717) is 19.1 Å². The van der Waals surface area contributed by atoms with E-state index in [1.165, 1.54) is 4.88 Å². The average molecular weight is 304 g/mol. The molecule has 1 aliphatic heterocycles. The largest absolute Gasteiger partial charge is 0.340 e. The maximum absolute atomic E-state index is 12.1. The van der Waals surface area contributed by atoms with Crippen LogP contribution >= 0.6 is 23.7 Å². The topological polar surface area (TPSA) is 49.6 Å². The Bertz CT molecular complexity index is 399. The van der Waals surface area contributed by atoms with Gasteiger partial charge in [0.05, 0.1) is 13.1 Å². The molecule has 1 aliphatic rings. The zero-order valence-corrected chi connectivity index (χ0v) is 13.0. The highest BCUT2D eigenvalue weighted by Crippen LogP contribution is 2.16. The van der Waals surface area contributed by atoms with Crippen molar-refractivity contribution in [2.45, 2.75) is 32.0 Å². The molecule has 2 unspecified atom stereocenters. The van der Waals surface area contributed by atoms with Gasteiger partial charge in [-0.2, -0.15) is 0 Å². The van der Waals surface area contributed by atoms with Crippen molar-refractivity contribution in [3.8, 4) is 0 Å². The molecule has 1 amide bonds. The maximum atomic E-state index is 12.1. The van der Waals surface area contributed by atoms with E-state index in [9.17, 15) is 4.79 Å². The van der Waals surface area contributed by atoms with Crippen molar-refractivity contribution in [1.82, 2.24) is 9.80 Å². The zero-order chi connectivity index (χ0) is 13.1. The summed E-state index contributed by atoms with van der Waals surface area (Å²) in [5.74, 6) is 0.171. The first kappa shape index (κ1) is 16.4. The van der Waals surface area contributed by atoms with Gasteiger partial charge in [-0.15, -0.1) is 23.7 Å². The quantitative estimate of drug-likeness (QED) is 0.918. The summed E-state index contributed by atoms with van der Waals surface area (Å²) in [6.07, 6.45) is 0.989. The molecule has 1 fully saturated rings. The summed E-state index contributed by atoms with van der Waals surface area (Å²) in [5, 5.41) is 2.04. The molecule has 1 aromatic heterocycles. The third-order valence-electron chi connectivity index (χ3n) is 3.68. The summed E-state index contributed by atoms with van der Waals surface area (Å²) in [6, 6.07) is 4.59. The average Bonchev–Trinajstić information content (AvgIpc) is 2.94. The molecule has 19 heavy (non-hydrogen) atoms. The number of nitrogens with two attached hydrogens (primary N) is 1. The van der Waals surface area contributed by atoms with Crippen LogP contribution in [0.4, 0.5) is 0 Å². The maximum Gasteiger partial charge on any atom is 0.236 e. The van der Waals surface area contributed by atoms with Gasteiger partial charge in [0, 0.05) is 30.6 Å². The molecular formula is C13H22ClN3OS. The van der Waals surface area contributed by atoms with Crippen LogP contribution in [0.5, 0.6) is 0 Å². The van der Waals surface area contributed by atoms with Gasteiger partial charge in [0.2, 0.25) is 5.91 Å². The summed E-state index contributed by atoms with van der Waals surface area (Å²) in [5.41, 5.74) is 5.97. The number of hydrogen-bond donors (Lipinski definition) is 1. The summed E-state index contributed by atoms with van der Waals surface area (Å²) >= 11 is 1.68. The number of carbonyl (C=O) groups is 1. The van der Waals surface area contributed by atoms with Gasteiger partial charge in [0.15, 0.2) is 0 Å². The van der Waals surface area contributed by atoms with Crippen LogP contribution in [-0.4, -0.2) is 47.9 Å². The Morgan fingerprint density at radius 1 is 1.63 bits per heavy atom. The standard InChI is InChI=1S/C13H21N3OS.ClH/c1-10-12(14)5-6-16(10)9-13(17)15(2)8-11-4-3-7-18-11;/h3-4,7,10,12H,5-6,8-9,14H2,1-2H3;1H. The fourth-order valence-corrected chi connectivity index (χ4v) is 3.03. The van der Waals surface area contributed by atoms with Gasteiger partial charge in [-0.05, 0) is 24.8 Å². The second kappa shape index (κ2) is 7.24. The number of amides is 1. The zero-order valence-electron chi connectivity index (χ0n) is 11.4. The molecule has 108 valence electrons. The molecular weight excluding hydrogens is 282 g/mol. The predicted octanol–water partition coefficient (Wildman–Crippen LogP) is 1.55. The molecule has 4 nitrogen and oxygen atoms in total. The summed E-state index contributed by atoms with van der Waals surface area (Å²) in [7, 11) is 1.86. The molecule has 2 heterocycles. The lowest BCUT2D eigenvalue weighted by Gasteiger charge is -2.25. The third-order valence-corrected chi connectivity index (χ3v) is 4.54. The van der Waals surface area contributed by atoms with E-state index in [1.807, 2.05) is 18.5 Å². The second-order valence-corrected chi connectivity index (χ2v) is 6.03. The number of nitrogens with zero attached hydrogens (tertiary/aromatic N) is 2. The summed E-state index contributed by atoms with van der Waals surface area (Å²) in [4.78, 5) is 17.3. The Labute approximate surface area is 125 Å². The minimum Gasteiger partial charge on any atom is -0.340 e. The molecule has 0 aliphatic carbocycles. The molecule has 0 bridgehead atoms. The molecule has 0 radical (unpaired) electrons. The fourth-order valence-electron chi connectivity index (χ4n) is 2.27. The Balaban J connectivity index is 0.00000180. The van der Waals surface area contributed by atoms with E-state index in [-0.39, 0.29) is 24.4 Å². The van der Waals surface area contributed by atoms with E-state index in [4.69, 9.17) is 5.73 Å². The minimum atomic E-state index is 0. The molecule has 2 rings (SSSR count). The van der Waals surface area contributed by atoms with Crippen LogP contribution in [0.2, 0.25) is 0 Å². The lowest BCUT2D eigenvalue weighted by molar-refractivity contribution is -0.131. The van der Waals surface area contributed by atoms with Crippen LogP contribution in [0, 0.1) is 0 Å². The molecule has 2 atom stereocenters. The van der Waals surface area contributed by atoms with Crippen LogP contribution < -0.4 is 5.73 Å². The van der Waals surface area contributed by atoms with Crippen molar-refractivity contribution < 1.29 is 4.79 Å². The number of rotatable bonds is 4.